The van der Waals surface area contributed by atoms with E-state index in [2.05, 4.69) is 10.9 Å². The maximum atomic E-state index is 12.0. The lowest BCUT2D eigenvalue weighted by Crippen LogP contribution is -2.47. The second-order valence-electron chi connectivity index (χ2n) is 5.01. The van der Waals surface area contributed by atoms with E-state index in [1.807, 2.05) is 0 Å². The molecule has 0 heterocycles. The van der Waals surface area contributed by atoms with Gasteiger partial charge in [-0.1, -0.05) is 29.3 Å². The second kappa shape index (κ2) is 8.60. The predicted octanol–water partition coefficient (Wildman–Crippen LogP) is 3.23. The Labute approximate surface area is 155 Å². The first-order valence-electron chi connectivity index (χ1n) is 7.26. The van der Waals surface area contributed by atoms with Gasteiger partial charge in [-0.05, 0) is 43.3 Å². The number of rotatable bonds is 5. The van der Waals surface area contributed by atoms with Crippen LogP contribution in [0.3, 0.4) is 0 Å². The van der Waals surface area contributed by atoms with Gasteiger partial charge in [0.1, 0.15) is 11.5 Å². The van der Waals surface area contributed by atoms with Crippen LogP contribution in [0.2, 0.25) is 10.0 Å². The maximum absolute atomic E-state index is 12.0. The van der Waals surface area contributed by atoms with Gasteiger partial charge in [0.25, 0.3) is 11.8 Å². The van der Waals surface area contributed by atoms with Crippen LogP contribution in [-0.2, 0) is 4.79 Å². The molecule has 0 spiro atoms. The molecule has 2 aromatic rings. The van der Waals surface area contributed by atoms with Crippen LogP contribution in [-0.4, -0.2) is 25.0 Å². The first-order chi connectivity index (χ1) is 11.9. The van der Waals surface area contributed by atoms with Crippen LogP contribution in [0.5, 0.6) is 11.5 Å². The Morgan fingerprint density at radius 2 is 1.84 bits per heavy atom. The van der Waals surface area contributed by atoms with Gasteiger partial charge in [-0.2, -0.15) is 0 Å². The molecule has 8 heteroatoms. The van der Waals surface area contributed by atoms with E-state index >= 15 is 0 Å². The van der Waals surface area contributed by atoms with E-state index in [-0.39, 0.29) is 5.02 Å². The highest BCUT2D eigenvalue weighted by atomic mass is 35.5. The van der Waals surface area contributed by atoms with Crippen LogP contribution in [0, 0.1) is 0 Å². The van der Waals surface area contributed by atoms with Crippen molar-refractivity contribution in [2.75, 3.05) is 7.11 Å². The van der Waals surface area contributed by atoms with Crippen LogP contribution in [0.4, 0.5) is 0 Å². The summed E-state index contributed by atoms with van der Waals surface area (Å²) in [5, 5.41) is 0.743. The third kappa shape index (κ3) is 5.27. The molecule has 2 aromatic carbocycles. The van der Waals surface area contributed by atoms with Crippen molar-refractivity contribution in [3.05, 3.63) is 58.1 Å². The summed E-state index contributed by atoms with van der Waals surface area (Å²) in [5.74, 6) is -0.174. The summed E-state index contributed by atoms with van der Waals surface area (Å²) >= 11 is 11.8. The normalized spacial score (nSPS) is 11.4. The molecule has 2 rings (SSSR count). The number of amides is 2. The first kappa shape index (κ1) is 18.9. The van der Waals surface area contributed by atoms with Crippen molar-refractivity contribution in [2.24, 2.45) is 0 Å². The number of nitrogens with one attached hydrogen (secondary N) is 2. The van der Waals surface area contributed by atoms with E-state index in [4.69, 9.17) is 32.7 Å². The average molecular weight is 383 g/mol. The van der Waals surface area contributed by atoms with Crippen molar-refractivity contribution >= 4 is 35.0 Å². The topological polar surface area (TPSA) is 76.7 Å². The molecule has 2 N–H and O–H groups in total. The lowest BCUT2D eigenvalue weighted by Gasteiger charge is -2.16. The Kier molecular flexibility index (Phi) is 6.50. The third-order valence-electron chi connectivity index (χ3n) is 3.20. The van der Waals surface area contributed by atoms with E-state index in [0.717, 1.165) is 0 Å². The van der Waals surface area contributed by atoms with Gasteiger partial charge >= 0.3 is 0 Å². The number of carbonyl (C=O) groups excluding carboxylic acids is 2. The highest BCUT2D eigenvalue weighted by molar-refractivity contribution is 6.35. The summed E-state index contributed by atoms with van der Waals surface area (Å²) in [7, 11) is 1.50. The Morgan fingerprint density at radius 1 is 1.08 bits per heavy atom. The average Bonchev–Trinajstić information content (AvgIpc) is 2.61. The molecule has 25 heavy (non-hydrogen) atoms. The van der Waals surface area contributed by atoms with E-state index in [9.17, 15) is 9.59 Å². The number of carbonyl (C=O) groups is 2. The zero-order valence-corrected chi connectivity index (χ0v) is 15.0. The van der Waals surface area contributed by atoms with Gasteiger partial charge in [0.15, 0.2) is 6.10 Å². The maximum Gasteiger partial charge on any atom is 0.279 e. The molecule has 0 saturated carbocycles. The van der Waals surface area contributed by atoms with Crippen molar-refractivity contribution in [2.45, 2.75) is 13.0 Å². The van der Waals surface area contributed by atoms with Crippen molar-refractivity contribution in [3.63, 3.8) is 0 Å². The fourth-order valence-corrected chi connectivity index (χ4v) is 2.32. The quantitative estimate of drug-likeness (QED) is 0.778. The van der Waals surface area contributed by atoms with Crippen molar-refractivity contribution in [1.29, 1.82) is 0 Å². The van der Waals surface area contributed by atoms with Gasteiger partial charge in [-0.25, -0.2) is 0 Å². The molecule has 132 valence electrons. The molecule has 6 nitrogen and oxygen atoms in total. The van der Waals surface area contributed by atoms with E-state index < -0.39 is 17.9 Å². The molecule has 0 aliphatic rings. The number of hydrogen-bond donors (Lipinski definition) is 2. The predicted molar refractivity (Wildman–Crippen MR) is 95.2 cm³/mol. The van der Waals surface area contributed by atoms with E-state index in [1.165, 1.54) is 20.1 Å². The molecule has 0 aliphatic carbocycles. The molecule has 0 aliphatic heterocycles. The zero-order valence-electron chi connectivity index (χ0n) is 13.5. The molecule has 2 amide bonds. The van der Waals surface area contributed by atoms with Crippen LogP contribution in [0.1, 0.15) is 17.3 Å². The van der Waals surface area contributed by atoms with E-state index in [1.54, 1.807) is 36.4 Å². The van der Waals surface area contributed by atoms with Gasteiger partial charge in [0.2, 0.25) is 0 Å². The zero-order chi connectivity index (χ0) is 18.4. The standard InChI is InChI=1S/C17H16Cl2N2O4/c1-10(25-15-7-6-12(18)9-14(15)19)16(22)20-21-17(23)11-4-3-5-13(8-11)24-2/h3-10H,1-2H3,(H,20,22)(H,21,23). The molecule has 1 atom stereocenters. The third-order valence-corrected chi connectivity index (χ3v) is 3.73. The van der Waals surface area contributed by atoms with Crippen LogP contribution < -0.4 is 20.3 Å². The number of hydrazine groups is 1. The Bertz CT molecular complexity index is 783. The van der Waals surface area contributed by atoms with Gasteiger partial charge in [0.05, 0.1) is 12.1 Å². The Balaban J connectivity index is 1.91. The molecular weight excluding hydrogens is 367 g/mol. The summed E-state index contributed by atoms with van der Waals surface area (Å²) in [4.78, 5) is 24.1. The van der Waals surface area contributed by atoms with Crippen LogP contribution in [0.15, 0.2) is 42.5 Å². The number of halogens is 2. The summed E-state index contributed by atoms with van der Waals surface area (Å²) in [5.41, 5.74) is 4.95. The lowest BCUT2D eigenvalue weighted by molar-refractivity contribution is -0.128. The molecule has 0 bridgehead atoms. The van der Waals surface area contributed by atoms with Gasteiger partial charge in [-0.3, -0.25) is 20.4 Å². The Hall–Kier alpha value is -2.44. The minimum absolute atomic E-state index is 0.285. The SMILES string of the molecule is COc1cccc(C(=O)NNC(=O)C(C)Oc2ccc(Cl)cc2Cl)c1. The van der Waals surface area contributed by atoms with Gasteiger partial charge < -0.3 is 9.47 Å². The van der Waals surface area contributed by atoms with Crippen molar-refractivity contribution < 1.29 is 19.1 Å². The smallest absolute Gasteiger partial charge is 0.279 e. The monoisotopic (exact) mass is 382 g/mol. The lowest BCUT2D eigenvalue weighted by atomic mass is 10.2. The van der Waals surface area contributed by atoms with Crippen molar-refractivity contribution in [1.82, 2.24) is 10.9 Å². The number of benzene rings is 2. The van der Waals surface area contributed by atoms with Crippen LogP contribution in [0.25, 0.3) is 0 Å². The first-order valence-corrected chi connectivity index (χ1v) is 8.02. The summed E-state index contributed by atoms with van der Waals surface area (Å²) in [6.07, 6.45) is -0.885. The Morgan fingerprint density at radius 3 is 2.52 bits per heavy atom. The number of hydrogen-bond acceptors (Lipinski definition) is 4. The minimum atomic E-state index is -0.885. The van der Waals surface area contributed by atoms with Gasteiger partial charge in [0, 0.05) is 10.6 Å². The van der Waals surface area contributed by atoms with Crippen LogP contribution >= 0.6 is 23.2 Å². The molecular formula is C17H16Cl2N2O4. The highest BCUT2D eigenvalue weighted by Gasteiger charge is 2.17. The molecule has 0 fully saturated rings. The fraction of sp³-hybridized carbons (Fsp3) is 0.176. The molecule has 1 unspecified atom stereocenters. The fourth-order valence-electron chi connectivity index (χ4n) is 1.87. The summed E-state index contributed by atoms with van der Waals surface area (Å²) in [6.45, 7) is 1.53. The van der Waals surface area contributed by atoms with E-state index in [0.29, 0.717) is 22.1 Å². The summed E-state index contributed by atoms with van der Waals surface area (Å²) in [6, 6.07) is 11.2. The molecule has 0 aromatic heterocycles. The number of methoxy groups -OCH3 is 1. The largest absolute Gasteiger partial charge is 0.497 e. The molecule has 0 radical (unpaired) electrons. The van der Waals surface area contributed by atoms with Gasteiger partial charge in [-0.15, -0.1) is 0 Å². The second-order valence-corrected chi connectivity index (χ2v) is 5.85. The van der Waals surface area contributed by atoms with Crippen molar-refractivity contribution in [3.8, 4) is 11.5 Å². The highest BCUT2D eigenvalue weighted by Crippen LogP contribution is 2.28. The number of ether oxygens (including phenoxy) is 2. The summed E-state index contributed by atoms with van der Waals surface area (Å²) < 4.78 is 10.5. The molecule has 0 saturated heterocycles. The minimum Gasteiger partial charge on any atom is -0.497 e.